The van der Waals surface area contributed by atoms with Gasteiger partial charge >= 0.3 is 5.97 Å². The number of nitrogens with one attached hydrogen (secondary N) is 1. The minimum Gasteiger partial charge on any atom is -0.463 e. The summed E-state index contributed by atoms with van der Waals surface area (Å²) in [5.74, 6) is -0.360. The minimum absolute atomic E-state index is 0.0443. The van der Waals surface area contributed by atoms with E-state index in [4.69, 9.17) is 14.9 Å². The van der Waals surface area contributed by atoms with Crippen molar-refractivity contribution in [3.8, 4) is 0 Å². The molecule has 1 aromatic rings. The standard InChI is InChI=1S/C15H21NO3/c1-2-8-18-9-10-19-15(17)12-14(16)11-13-6-4-3-5-7-13/h3-7,16H,2,8-12H2,1H3. The van der Waals surface area contributed by atoms with Gasteiger partial charge in [-0.3, -0.25) is 4.79 Å². The first kappa shape index (κ1) is 15.4. The number of hydrogen-bond acceptors (Lipinski definition) is 4. The Morgan fingerprint density at radius 1 is 1.16 bits per heavy atom. The van der Waals surface area contributed by atoms with Gasteiger partial charge in [0.15, 0.2) is 0 Å². The van der Waals surface area contributed by atoms with Crippen LogP contribution in [0.1, 0.15) is 25.3 Å². The summed E-state index contributed by atoms with van der Waals surface area (Å²) in [4.78, 5) is 11.5. The third-order valence-corrected chi connectivity index (χ3v) is 2.46. The van der Waals surface area contributed by atoms with Crippen LogP contribution in [0.3, 0.4) is 0 Å². The summed E-state index contributed by atoms with van der Waals surface area (Å²) in [7, 11) is 0. The van der Waals surface area contributed by atoms with Crippen LogP contribution in [-0.4, -0.2) is 31.5 Å². The molecule has 0 saturated heterocycles. The molecule has 0 atom stereocenters. The average molecular weight is 263 g/mol. The molecule has 0 aliphatic heterocycles. The molecule has 0 bridgehead atoms. The highest BCUT2D eigenvalue weighted by atomic mass is 16.6. The number of carbonyl (C=O) groups excluding carboxylic acids is 1. The van der Waals surface area contributed by atoms with E-state index in [0.717, 1.165) is 12.0 Å². The minimum atomic E-state index is -0.360. The van der Waals surface area contributed by atoms with Crippen molar-refractivity contribution >= 4 is 11.7 Å². The third kappa shape index (κ3) is 7.36. The molecule has 0 amide bonds. The second-order valence-electron chi connectivity index (χ2n) is 4.28. The fraction of sp³-hybridized carbons (Fsp3) is 0.467. The molecule has 19 heavy (non-hydrogen) atoms. The lowest BCUT2D eigenvalue weighted by Crippen LogP contribution is -2.15. The monoisotopic (exact) mass is 263 g/mol. The van der Waals surface area contributed by atoms with Crippen LogP contribution in [0.2, 0.25) is 0 Å². The Labute approximate surface area is 114 Å². The molecule has 0 radical (unpaired) electrons. The summed E-state index contributed by atoms with van der Waals surface area (Å²) in [6.07, 6.45) is 1.49. The smallest absolute Gasteiger partial charge is 0.311 e. The van der Waals surface area contributed by atoms with E-state index in [1.54, 1.807) is 0 Å². The zero-order valence-corrected chi connectivity index (χ0v) is 11.4. The van der Waals surface area contributed by atoms with Gasteiger partial charge in [0.2, 0.25) is 0 Å². The highest BCUT2D eigenvalue weighted by molar-refractivity contribution is 5.98. The van der Waals surface area contributed by atoms with Gasteiger partial charge in [0.1, 0.15) is 6.61 Å². The molecule has 0 aliphatic carbocycles. The van der Waals surface area contributed by atoms with Gasteiger partial charge in [0, 0.05) is 18.7 Å². The second-order valence-corrected chi connectivity index (χ2v) is 4.28. The summed E-state index contributed by atoms with van der Waals surface area (Å²) < 4.78 is 10.2. The SMILES string of the molecule is CCCOCCOC(=O)CC(=N)Cc1ccccc1. The molecule has 0 aliphatic rings. The highest BCUT2D eigenvalue weighted by Gasteiger charge is 2.08. The Balaban J connectivity index is 2.16. The Bertz CT molecular complexity index is 390. The number of benzene rings is 1. The number of carbonyl (C=O) groups is 1. The molecule has 0 heterocycles. The Kier molecular flexibility index (Phi) is 7.51. The van der Waals surface area contributed by atoms with Crippen LogP contribution in [0.25, 0.3) is 0 Å². The predicted molar refractivity (Wildman–Crippen MR) is 74.6 cm³/mol. The fourth-order valence-corrected chi connectivity index (χ4v) is 1.59. The second kappa shape index (κ2) is 9.28. The van der Waals surface area contributed by atoms with Crippen LogP contribution in [0, 0.1) is 5.41 Å². The summed E-state index contributed by atoms with van der Waals surface area (Å²) in [5, 5.41) is 7.77. The van der Waals surface area contributed by atoms with Crippen LogP contribution in [0.4, 0.5) is 0 Å². The molecule has 4 heteroatoms. The third-order valence-electron chi connectivity index (χ3n) is 2.46. The molecule has 1 N–H and O–H groups in total. The molecule has 1 rings (SSSR count). The first-order chi connectivity index (χ1) is 9.22. The van der Waals surface area contributed by atoms with Crippen molar-refractivity contribution in [2.24, 2.45) is 0 Å². The van der Waals surface area contributed by atoms with Crippen molar-refractivity contribution in [1.29, 1.82) is 5.41 Å². The molecular weight excluding hydrogens is 242 g/mol. The van der Waals surface area contributed by atoms with Crippen molar-refractivity contribution in [1.82, 2.24) is 0 Å². The van der Waals surface area contributed by atoms with Gasteiger partial charge in [0.25, 0.3) is 0 Å². The Hall–Kier alpha value is -1.68. The van der Waals surface area contributed by atoms with E-state index >= 15 is 0 Å². The van der Waals surface area contributed by atoms with E-state index in [2.05, 4.69) is 0 Å². The Morgan fingerprint density at radius 3 is 2.58 bits per heavy atom. The lowest BCUT2D eigenvalue weighted by Gasteiger charge is -2.06. The average Bonchev–Trinajstić information content (AvgIpc) is 2.39. The van der Waals surface area contributed by atoms with E-state index in [0.29, 0.717) is 25.3 Å². The predicted octanol–water partition coefficient (Wildman–Crippen LogP) is 2.61. The molecule has 0 unspecified atom stereocenters. The van der Waals surface area contributed by atoms with Crippen LogP contribution >= 0.6 is 0 Å². The lowest BCUT2D eigenvalue weighted by molar-refractivity contribution is -0.143. The van der Waals surface area contributed by atoms with Gasteiger partial charge in [-0.05, 0) is 12.0 Å². The fourth-order valence-electron chi connectivity index (χ4n) is 1.59. The zero-order chi connectivity index (χ0) is 13.9. The molecule has 104 valence electrons. The lowest BCUT2D eigenvalue weighted by atomic mass is 10.1. The van der Waals surface area contributed by atoms with Crippen molar-refractivity contribution in [3.05, 3.63) is 35.9 Å². The van der Waals surface area contributed by atoms with Gasteiger partial charge in [-0.2, -0.15) is 0 Å². The van der Waals surface area contributed by atoms with Crippen LogP contribution in [0.15, 0.2) is 30.3 Å². The van der Waals surface area contributed by atoms with E-state index in [1.807, 2.05) is 37.3 Å². The van der Waals surface area contributed by atoms with E-state index in [9.17, 15) is 4.79 Å². The maximum Gasteiger partial charge on any atom is 0.311 e. The van der Waals surface area contributed by atoms with Crippen molar-refractivity contribution in [2.45, 2.75) is 26.2 Å². The van der Waals surface area contributed by atoms with Gasteiger partial charge in [-0.1, -0.05) is 37.3 Å². The van der Waals surface area contributed by atoms with E-state index in [1.165, 1.54) is 0 Å². The number of ether oxygens (including phenoxy) is 2. The van der Waals surface area contributed by atoms with Crippen LogP contribution in [-0.2, 0) is 20.7 Å². The highest BCUT2D eigenvalue weighted by Crippen LogP contribution is 2.03. The summed E-state index contributed by atoms with van der Waals surface area (Å²) in [6.45, 7) is 3.39. The van der Waals surface area contributed by atoms with Gasteiger partial charge in [-0.25, -0.2) is 0 Å². The summed E-state index contributed by atoms with van der Waals surface area (Å²) in [6, 6.07) is 9.66. The van der Waals surface area contributed by atoms with Crippen molar-refractivity contribution < 1.29 is 14.3 Å². The van der Waals surface area contributed by atoms with Gasteiger partial charge < -0.3 is 14.9 Å². The first-order valence-electron chi connectivity index (χ1n) is 6.56. The molecule has 1 aromatic carbocycles. The Morgan fingerprint density at radius 2 is 1.89 bits per heavy atom. The quantitative estimate of drug-likeness (QED) is 0.423. The van der Waals surface area contributed by atoms with Crippen LogP contribution in [0.5, 0.6) is 0 Å². The van der Waals surface area contributed by atoms with E-state index < -0.39 is 0 Å². The molecule has 0 aromatic heterocycles. The maximum absolute atomic E-state index is 11.5. The zero-order valence-electron chi connectivity index (χ0n) is 11.4. The number of hydrogen-bond donors (Lipinski definition) is 1. The largest absolute Gasteiger partial charge is 0.463 e. The summed E-state index contributed by atoms with van der Waals surface area (Å²) in [5.41, 5.74) is 1.40. The van der Waals surface area contributed by atoms with E-state index in [-0.39, 0.29) is 19.0 Å². The summed E-state index contributed by atoms with van der Waals surface area (Å²) >= 11 is 0. The normalized spacial score (nSPS) is 10.2. The molecule has 0 saturated carbocycles. The molecule has 4 nitrogen and oxygen atoms in total. The van der Waals surface area contributed by atoms with Gasteiger partial charge in [-0.15, -0.1) is 0 Å². The topological polar surface area (TPSA) is 59.4 Å². The number of esters is 1. The maximum atomic E-state index is 11.5. The number of rotatable bonds is 9. The van der Waals surface area contributed by atoms with Crippen LogP contribution < -0.4 is 0 Å². The molecular formula is C15H21NO3. The first-order valence-corrected chi connectivity index (χ1v) is 6.56. The van der Waals surface area contributed by atoms with Crippen molar-refractivity contribution in [2.75, 3.05) is 19.8 Å². The molecule has 0 spiro atoms. The molecule has 0 fully saturated rings. The van der Waals surface area contributed by atoms with Gasteiger partial charge in [0.05, 0.1) is 13.0 Å². The van der Waals surface area contributed by atoms with Crippen molar-refractivity contribution in [3.63, 3.8) is 0 Å².